The molecule has 1 saturated heterocycles. The van der Waals surface area contributed by atoms with Gasteiger partial charge in [-0.3, -0.25) is 9.88 Å². The first kappa shape index (κ1) is 8.60. The normalized spacial score (nSPS) is 34.1. The molecule has 0 aliphatic carbocycles. The summed E-state index contributed by atoms with van der Waals surface area (Å²) in [4.78, 5) is 0. The van der Waals surface area contributed by atoms with E-state index in [0.29, 0.717) is 0 Å². The molecule has 2 unspecified atom stereocenters. The summed E-state index contributed by atoms with van der Waals surface area (Å²) in [6.07, 6.45) is 0.868. The standard InChI is InChI=1S/C5H12NO2PS/c1-2-5(8-9-7)6-3-4-10-5/h6H,2-4,9H2,1H3. The molecule has 0 radical (unpaired) electrons. The van der Waals surface area contributed by atoms with E-state index in [1.54, 1.807) is 11.8 Å². The third-order valence-corrected chi connectivity index (χ3v) is 3.61. The maximum atomic E-state index is 10.3. The summed E-state index contributed by atoms with van der Waals surface area (Å²) in [5.74, 6) is 1.05. The quantitative estimate of drug-likeness (QED) is 0.661. The van der Waals surface area contributed by atoms with Crippen LogP contribution in [0.15, 0.2) is 0 Å². The molecule has 10 heavy (non-hydrogen) atoms. The zero-order chi connectivity index (χ0) is 7.45. The third kappa shape index (κ3) is 1.76. The lowest BCUT2D eigenvalue weighted by Gasteiger charge is -2.23. The van der Waals surface area contributed by atoms with Crippen LogP contribution in [0.25, 0.3) is 0 Å². The van der Waals surface area contributed by atoms with Crippen LogP contribution in [-0.2, 0) is 9.09 Å². The second-order valence-electron chi connectivity index (χ2n) is 2.10. The van der Waals surface area contributed by atoms with Gasteiger partial charge in [0.05, 0.1) is 0 Å². The molecule has 0 aromatic rings. The molecule has 0 amide bonds. The average molecular weight is 181 g/mol. The van der Waals surface area contributed by atoms with E-state index in [1.165, 1.54) is 0 Å². The van der Waals surface area contributed by atoms with E-state index in [2.05, 4.69) is 5.32 Å². The minimum absolute atomic E-state index is 0.322. The summed E-state index contributed by atoms with van der Waals surface area (Å²) in [6, 6.07) is 0. The first-order valence-electron chi connectivity index (χ1n) is 3.33. The molecule has 1 aliphatic rings. The molecule has 0 aromatic heterocycles. The highest BCUT2D eigenvalue weighted by Gasteiger charge is 2.32. The largest absolute Gasteiger partial charge is 0.301 e. The van der Waals surface area contributed by atoms with Crippen molar-refractivity contribution in [1.29, 1.82) is 0 Å². The first-order chi connectivity index (χ1) is 4.83. The number of hydrogen-bond donors (Lipinski definition) is 1. The summed E-state index contributed by atoms with van der Waals surface area (Å²) in [5, 5.41) is 2.86. The van der Waals surface area contributed by atoms with E-state index in [9.17, 15) is 4.57 Å². The van der Waals surface area contributed by atoms with Gasteiger partial charge in [-0.1, -0.05) is 6.92 Å². The van der Waals surface area contributed by atoms with Crippen molar-refractivity contribution in [2.75, 3.05) is 12.3 Å². The molecule has 3 nitrogen and oxygen atoms in total. The van der Waals surface area contributed by atoms with Gasteiger partial charge in [0.1, 0.15) is 0 Å². The topological polar surface area (TPSA) is 38.3 Å². The molecule has 2 atom stereocenters. The molecule has 60 valence electrons. The van der Waals surface area contributed by atoms with Crippen LogP contribution in [0.2, 0.25) is 0 Å². The summed E-state index contributed by atoms with van der Waals surface area (Å²) >= 11 is 1.70. The maximum Gasteiger partial charge on any atom is 0.182 e. The van der Waals surface area contributed by atoms with Crippen molar-refractivity contribution in [1.82, 2.24) is 5.32 Å². The summed E-state index contributed by atoms with van der Waals surface area (Å²) < 4.78 is 15.4. The molecule has 0 aromatic carbocycles. The fourth-order valence-electron chi connectivity index (χ4n) is 0.972. The molecular formula is C5H12NO2PS. The van der Waals surface area contributed by atoms with Gasteiger partial charge in [-0.05, 0) is 6.42 Å². The smallest absolute Gasteiger partial charge is 0.182 e. The van der Waals surface area contributed by atoms with Crippen LogP contribution in [0, 0.1) is 0 Å². The molecule has 1 heterocycles. The highest BCUT2D eigenvalue weighted by Crippen LogP contribution is 2.34. The Morgan fingerprint density at radius 3 is 3.10 bits per heavy atom. The number of thioether (sulfide) groups is 1. The van der Waals surface area contributed by atoms with Gasteiger partial charge >= 0.3 is 0 Å². The zero-order valence-electron chi connectivity index (χ0n) is 5.92. The van der Waals surface area contributed by atoms with E-state index in [0.717, 1.165) is 18.7 Å². The van der Waals surface area contributed by atoms with Crippen LogP contribution in [0.3, 0.4) is 0 Å². The molecular weight excluding hydrogens is 169 g/mol. The van der Waals surface area contributed by atoms with Gasteiger partial charge in [0, 0.05) is 12.3 Å². The van der Waals surface area contributed by atoms with Crippen molar-refractivity contribution >= 4 is 20.4 Å². The van der Waals surface area contributed by atoms with E-state index >= 15 is 0 Å². The average Bonchev–Trinajstić information content (AvgIpc) is 2.39. The van der Waals surface area contributed by atoms with Crippen LogP contribution < -0.4 is 5.32 Å². The van der Waals surface area contributed by atoms with E-state index in [1.807, 2.05) is 6.92 Å². The summed E-state index contributed by atoms with van der Waals surface area (Å²) in [6.45, 7) is 2.98. The van der Waals surface area contributed by atoms with Crippen molar-refractivity contribution in [3.63, 3.8) is 0 Å². The molecule has 0 spiro atoms. The Bertz CT molecular complexity index is 127. The molecule has 0 saturated carbocycles. The Morgan fingerprint density at radius 2 is 2.70 bits per heavy atom. The van der Waals surface area contributed by atoms with Gasteiger partial charge in [0.25, 0.3) is 0 Å². The predicted octanol–water partition coefficient (Wildman–Crippen LogP) is 1.07. The van der Waals surface area contributed by atoms with E-state index in [4.69, 9.17) is 4.52 Å². The fourth-order valence-corrected chi connectivity index (χ4v) is 2.71. The highest BCUT2D eigenvalue weighted by atomic mass is 32.2. The molecule has 5 heteroatoms. The van der Waals surface area contributed by atoms with Gasteiger partial charge in [-0.2, -0.15) is 0 Å². The lowest BCUT2D eigenvalue weighted by molar-refractivity contribution is 0.152. The minimum Gasteiger partial charge on any atom is -0.301 e. The van der Waals surface area contributed by atoms with Crippen LogP contribution in [0.5, 0.6) is 0 Å². The van der Waals surface area contributed by atoms with E-state index < -0.39 is 8.69 Å². The SMILES string of the molecule is CCC1(O[PH2]=O)NCCS1. The van der Waals surface area contributed by atoms with E-state index in [-0.39, 0.29) is 5.06 Å². The van der Waals surface area contributed by atoms with Crippen molar-refractivity contribution in [3.05, 3.63) is 0 Å². The van der Waals surface area contributed by atoms with Crippen LogP contribution >= 0.6 is 20.4 Å². The summed E-state index contributed by atoms with van der Waals surface area (Å²) in [7, 11) is -1.09. The third-order valence-electron chi connectivity index (χ3n) is 1.54. The number of hydrogen-bond acceptors (Lipinski definition) is 4. The first-order valence-corrected chi connectivity index (χ1v) is 5.26. The van der Waals surface area contributed by atoms with Gasteiger partial charge in [-0.15, -0.1) is 11.8 Å². The minimum atomic E-state index is -1.09. The van der Waals surface area contributed by atoms with Gasteiger partial charge < -0.3 is 4.52 Å². The van der Waals surface area contributed by atoms with Crippen LogP contribution in [-0.4, -0.2) is 17.4 Å². The zero-order valence-corrected chi connectivity index (χ0v) is 7.89. The number of nitrogens with one attached hydrogen (secondary N) is 1. The van der Waals surface area contributed by atoms with Gasteiger partial charge in [0.2, 0.25) is 0 Å². The Hall–Kier alpha value is 0.500. The lowest BCUT2D eigenvalue weighted by atomic mass is 10.4. The summed E-state index contributed by atoms with van der Waals surface area (Å²) in [5.41, 5.74) is 0. The Balaban J connectivity index is 2.48. The maximum absolute atomic E-state index is 10.3. The molecule has 1 rings (SSSR count). The highest BCUT2D eigenvalue weighted by molar-refractivity contribution is 8.00. The molecule has 1 aliphatic heterocycles. The van der Waals surface area contributed by atoms with Crippen LogP contribution in [0.4, 0.5) is 0 Å². The van der Waals surface area contributed by atoms with Gasteiger partial charge in [-0.25, -0.2) is 0 Å². The fraction of sp³-hybridized carbons (Fsp3) is 1.00. The Kier molecular flexibility index (Phi) is 3.24. The Morgan fingerprint density at radius 1 is 1.90 bits per heavy atom. The van der Waals surface area contributed by atoms with Crippen molar-refractivity contribution in [2.24, 2.45) is 0 Å². The van der Waals surface area contributed by atoms with Crippen molar-refractivity contribution in [2.45, 2.75) is 18.4 Å². The lowest BCUT2D eigenvalue weighted by Crippen LogP contribution is -2.36. The van der Waals surface area contributed by atoms with Gasteiger partial charge in [0.15, 0.2) is 13.7 Å². The van der Waals surface area contributed by atoms with Crippen molar-refractivity contribution in [3.8, 4) is 0 Å². The molecule has 0 bridgehead atoms. The van der Waals surface area contributed by atoms with Crippen molar-refractivity contribution < 1.29 is 9.09 Å². The Labute approximate surface area is 66.2 Å². The monoisotopic (exact) mass is 181 g/mol. The predicted molar refractivity (Wildman–Crippen MR) is 45.0 cm³/mol. The second-order valence-corrected chi connectivity index (χ2v) is 3.88. The van der Waals surface area contributed by atoms with Crippen LogP contribution in [0.1, 0.15) is 13.3 Å². The number of rotatable bonds is 3. The molecule has 1 N–H and O–H groups in total. The molecule has 1 fully saturated rings. The second kappa shape index (κ2) is 3.77.